The van der Waals surface area contributed by atoms with Gasteiger partial charge in [-0.1, -0.05) is 25.4 Å². The van der Waals surface area contributed by atoms with Crippen molar-refractivity contribution in [3.05, 3.63) is 58.6 Å². The van der Waals surface area contributed by atoms with Gasteiger partial charge in [0.1, 0.15) is 0 Å². The molecule has 2 atom stereocenters. The van der Waals surface area contributed by atoms with Crippen LogP contribution in [0.4, 0.5) is 5.69 Å². The molecule has 2 N–H and O–H groups in total. The highest BCUT2D eigenvalue weighted by atomic mass is 35.5. The summed E-state index contributed by atoms with van der Waals surface area (Å²) in [4.78, 5) is 25.0. The van der Waals surface area contributed by atoms with Crippen LogP contribution in [-0.4, -0.2) is 43.7 Å². The summed E-state index contributed by atoms with van der Waals surface area (Å²) in [6.07, 6.45) is 2.98. The minimum absolute atomic E-state index is 0.175. The largest absolute Gasteiger partial charge is 0.349 e. The van der Waals surface area contributed by atoms with Crippen molar-refractivity contribution in [2.75, 3.05) is 18.4 Å². The van der Waals surface area contributed by atoms with E-state index in [0.29, 0.717) is 41.7 Å². The fraction of sp³-hybridized carbons (Fsp3) is 0.417. The van der Waals surface area contributed by atoms with Gasteiger partial charge in [0, 0.05) is 30.4 Å². The number of amides is 2. The molecular weight excluding hydrogens is 462 g/mol. The van der Waals surface area contributed by atoms with Gasteiger partial charge in [0.15, 0.2) is 0 Å². The minimum Gasteiger partial charge on any atom is -0.349 e. The van der Waals surface area contributed by atoms with Gasteiger partial charge in [-0.05, 0) is 73.6 Å². The zero-order valence-electron chi connectivity index (χ0n) is 18.7. The van der Waals surface area contributed by atoms with E-state index in [9.17, 15) is 18.0 Å². The number of hydrogen-bond acceptors (Lipinski definition) is 4. The van der Waals surface area contributed by atoms with Gasteiger partial charge in [0.2, 0.25) is 10.0 Å². The molecule has 4 rings (SSSR count). The summed E-state index contributed by atoms with van der Waals surface area (Å²) in [6, 6.07) is 10.9. The van der Waals surface area contributed by atoms with Gasteiger partial charge in [-0.25, -0.2) is 8.42 Å². The van der Waals surface area contributed by atoms with E-state index in [-0.39, 0.29) is 21.9 Å². The Hall–Kier alpha value is -2.42. The number of nitrogens with zero attached hydrogens (tertiary/aromatic N) is 1. The normalized spacial score (nSPS) is 21.4. The van der Waals surface area contributed by atoms with Crippen LogP contribution in [0.3, 0.4) is 0 Å². The summed E-state index contributed by atoms with van der Waals surface area (Å²) >= 11 is 6.24. The van der Waals surface area contributed by atoms with E-state index in [1.165, 1.54) is 34.6 Å². The van der Waals surface area contributed by atoms with Gasteiger partial charge in [-0.15, -0.1) is 0 Å². The molecule has 2 aromatic rings. The summed E-state index contributed by atoms with van der Waals surface area (Å²) < 4.78 is 27.6. The van der Waals surface area contributed by atoms with Crippen molar-refractivity contribution < 1.29 is 18.0 Å². The lowest BCUT2D eigenvalue weighted by molar-refractivity contribution is 0.0950. The monoisotopic (exact) mass is 489 g/mol. The maximum atomic E-state index is 13.0. The number of nitrogens with one attached hydrogen (secondary N) is 2. The van der Waals surface area contributed by atoms with Gasteiger partial charge in [-0.3, -0.25) is 9.59 Å². The van der Waals surface area contributed by atoms with E-state index in [1.54, 1.807) is 12.1 Å². The smallest absolute Gasteiger partial charge is 0.255 e. The van der Waals surface area contributed by atoms with Gasteiger partial charge in [0.05, 0.1) is 15.5 Å². The van der Waals surface area contributed by atoms with E-state index in [4.69, 9.17) is 11.6 Å². The van der Waals surface area contributed by atoms with E-state index in [1.807, 2.05) is 0 Å². The van der Waals surface area contributed by atoms with E-state index in [0.717, 1.165) is 19.3 Å². The Morgan fingerprint density at radius 3 is 2.18 bits per heavy atom. The molecule has 2 fully saturated rings. The number of carbonyl (C=O) groups is 2. The molecule has 176 valence electrons. The number of halogens is 1. The van der Waals surface area contributed by atoms with Crippen LogP contribution in [0.25, 0.3) is 0 Å². The topological polar surface area (TPSA) is 95.6 Å². The predicted molar refractivity (Wildman–Crippen MR) is 128 cm³/mol. The first-order valence-electron chi connectivity index (χ1n) is 11.2. The third-order valence-electron chi connectivity index (χ3n) is 5.97. The molecule has 2 unspecified atom stereocenters. The second kappa shape index (κ2) is 9.44. The molecule has 33 heavy (non-hydrogen) atoms. The average Bonchev–Trinajstić information content (AvgIpc) is 3.57. The molecule has 9 heteroatoms. The molecule has 0 aromatic heterocycles. The molecule has 1 saturated carbocycles. The lowest BCUT2D eigenvalue weighted by atomic mass is 9.94. The lowest BCUT2D eigenvalue weighted by Gasteiger charge is -2.34. The summed E-state index contributed by atoms with van der Waals surface area (Å²) in [7, 11) is -3.61. The molecule has 0 radical (unpaired) electrons. The Balaban J connectivity index is 1.43. The van der Waals surface area contributed by atoms with Crippen molar-refractivity contribution in [1.82, 2.24) is 9.62 Å². The molecule has 1 aliphatic heterocycles. The number of carbonyl (C=O) groups excluding carboxylic acids is 2. The molecule has 2 amide bonds. The highest BCUT2D eigenvalue weighted by Crippen LogP contribution is 2.27. The zero-order valence-corrected chi connectivity index (χ0v) is 20.2. The predicted octanol–water partition coefficient (Wildman–Crippen LogP) is 4.15. The van der Waals surface area contributed by atoms with Crippen LogP contribution in [0, 0.1) is 11.8 Å². The van der Waals surface area contributed by atoms with Crippen LogP contribution >= 0.6 is 11.6 Å². The third-order valence-corrected chi connectivity index (χ3v) is 8.13. The Kier molecular flexibility index (Phi) is 6.79. The SMILES string of the molecule is CC1CC(C)CN(S(=O)(=O)c2ccc(C(=O)Nc3ccc(C(=O)NC4CC4)c(Cl)c3)cc2)C1. The molecule has 7 nitrogen and oxygen atoms in total. The van der Waals surface area contributed by atoms with Crippen molar-refractivity contribution in [3.63, 3.8) is 0 Å². The fourth-order valence-corrected chi connectivity index (χ4v) is 6.15. The second-order valence-electron chi connectivity index (χ2n) is 9.19. The quantitative estimate of drug-likeness (QED) is 0.637. The highest BCUT2D eigenvalue weighted by Gasteiger charge is 2.31. The summed E-state index contributed by atoms with van der Waals surface area (Å²) in [5.74, 6) is -0.00165. The molecular formula is C24H28ClN3O4S. The highest BCUT2D eigenvalue weighted by molar-refractivity contribution is 7.89. The van der Waals surface area contributed by atoms with Crippen LogP contribution in [0.2, 0.25) is 5.02 Å². The fourth-order valence-electron chi connectivity index (χ4n) is 4.20. The Labute approximate surface area is 199 Å². The van der Waals surface area contributed by atoms with Gasteiger partial charge in [0.25, 0.3) is 11.8 Å². The van der Waals surface area contributed by atoms with E-state index in [2.05, 4.69) is 24.5 Å². The van der Waals surface area contributed by atoms with Crippen LogP contribution in [0.1, 0.15) is 53.8 Å². The molecule has 2 aromatic carbocycles. The lowest BCUT2D eigenvalue weighted by Crippen LogP contribution is -2.42. The van der Waals surface area contributed by atoms with Crippen molar-refractivity contribution in [2.45, 2.75) is 44.0 Å². The molecule has 0 spiro atoms. The van der Waals surface area contributed by atoms with E-state index < -0.39 is 15.9 Å². The number of sulfonamides is 1. The first kappa shape index (κ1) is 23.7. The number of piperidine rings is 1. The first-order valence-corrected chi connectivity index (χ1v) is 13.0. The van der Waals surface area contributed by atoms with Gasteiger partial charge in [-0.2, -0.15) is 4.31 Å². The molecule has 1 saturated heterocycles. The zero-order chi connectivity index (χ0) is 23.8. The maximum absolute atomic E-state index is 13.0. The number of rotatable bonds is 6. The van der Waals surface area contributed by atoms with Gasteiger partial charge < -0.3 is 10.6 Å². The Morgan fingerprint density at radius 2 is 1.61 bits per heavy atom. The molecule has 2 aliphatic rings. The van der Waals surface area contributed by atoms with Gasteiger partial charge >= 0.3 is 0 Å². The van der Waals surface area contributed by atoms with Crippen LogP contribution < -0.4 is 10.6 Å². The summed E-state index contributed by atoms with van der Waals surface area (Å²) in [5.41, 5.74) is 1.12. The Morgan fingerprint density at radius 1 is 0.970 bits per heavy atom. The van der Waals surface area contributed by atoms with Crippen LogP contribution in [-0.2, 0) is 10.0 Å². The molecule has 0 bridgehead atoms. The van der Waals surface area contributed by atoms with E-state index >= 15 is 0 Å². The first-order chi connectivity index (χ1) is 15.6. The molecule has 1 heterocycles. The van der Waals surface area contributed by atoms with Crippen molar-refractivity contribution in [2.24, 2.45) is 11.8 Å². The third kappa shape index (κ3) is 5.57. The van der Waals surface area contributed by atoms with Crippen LogP contribution in [0.15, 0.2) is 47.4 Å². The maximum Gasteiger partial charge on any atom is 0.255 e. The summed E-state index contributed by atoms with van der Waals surface area (Å²) in [5, 5.41) is 5.86. The van der Waals surface area contributed by atoms with Crippen molar-refractivity contribution >= 4 is 39.1 Å². The van der Waals surface area contributed by atoms with Crippen molar-refractivity contribution in [3.8, 4) is 0 Å². The summed E-state index contributed by atoms with van der Waals surface area (Å²) in [6.45, 7) is 5.13. The number of anilines is 1. The number of hydrogen-bond donors (Lipinski definition) is 2. The molecule has 1 aliphatic carbocycles. The number of benzene rings is 2. The van der Waals surface area contributed by atoms with Crippen molar-refractivity contribution in [1.29, 1.82) is 0 Å². The van der Waals surface area contributed by atoms with Crippen LogP contribution in [0.5, 0.6) is 0 Å². The standard InChI is InChI=1S/C24H28ClN3O4S/c1-15-11-16(2)14-28(13-15)33(31,32)20-8-3-17(4-9-20)23(29)27-19-7-10-21(22(25)12-19)24(30)26-18-5-6-18/h3-4,7-10,12,15-16,18H,5-6,11,13-14H2,1-2H3,(H,26,30)(H,27,29). The average molecular weight is 490 g/mol. The Bertz CT molecular complexity index is 1150. The minimum atomic E-state index is -3.61. The second-order valence-corrected chi connectivity index (χ2v) is 11.5.